The average molecular weight is 835 g/mol. The summed E-state index contributed by atoms with van der Waals surface area (Å²) >= 11 is 0. The molecule has 0 rings (SSSR count). The van der Waals surface area contributed by atoms with Crippen molar-refractivity contribution < 1.29 is 37.3 Å². The van der Waals surface area contributed by atoms with Gasteiger partial charge in [0.05, 0.1) is 34.4 Å². The Labute approximate surface area is 357 Å². The number of quaternary nitrogens is 1. The van der Waals surface area contributed by atoms with Crippen LogP contribution in [-0.4, -0.2) is 75.6 Å². The van der Waals surface area contributed by atoms with E-state index < -0.39 is 13.9 Å². The lowest BCUT2D eigenvalue weighted by molar-refractivity contribution is -0.870. The van der Waals surface area contributed by atoms with E-state index in [9.17, 15) is 14.3 Å². The first kappa shape index (κ1) is 55.9. The van der Waals surface area contributed by atoms with E-state index in [1.165, 1.54) is 64.2 Å². The second-order valence-electron chi connectivity index (χ2n) is 16.4. The van der Waals surface area contributed by atoms with Gasteiger partial charge >= 0.3 is 13.8 Å². The highest BCUT2D eigenvalue weighted by Crippen LogP contribution is 2.43. The average Bonchev–Trinajstić information content (AvgIpc) is 3.18. The number of likely N-dealkylation sites (N-methyl/N-ethyl adjacent to an activating group) is 1. The van der Waals surface area contributed by atoms with Crippen LogP contribution < -0.4 is 0 Å². The Bertz CT molecular complexity index is 1150. The molecule has 0 aromatic rings. The van der Waals surface area contributed by atoms with Crippen molar-refractivity contribution in [3.63, 3.8) is 0 Å². The fourth-order valence-electron chi connectivity index (χ4n) is 5.93. The quantitative estimate of drug-likeness (QED) is 0.0215. The monoisotopic (exact) mass is 835 g/mol. The molecule has 2 atom stereocenters. The molecule has 0 aromatic carbocycles. The van der Waals surface area contributed by atoms with E-state index >= 15 is 0 Å². The topological polar surface area (TPSA) is 91.3 Å². The van der Waals surface area contributed by atoms with E-state index in [1.54, 1.807) is 0 Å². The van der Waals surface area contributed by atoms with Crippen molar-refractivity contribution in [3.8, 4) is 0 Å². The van der Waals surface area contributed by atoms with Gasteiger partial charge in [0.15, 0.2) is 0 Å². The van der Waals surface area contributed by atoms with Crippen LogP contribution in [0.15, 0.2) is 72.9 Å². The number of phosphoric ester groups is 1. The Morgan fingerprint density at radius 2 is 1.00 bits per heavy atom. The minimum atomic E-state index is -4.29. The van der Waals surface area contributed by atoms with Crippen LogP contribution in [0.2, 0.25) is 0 Å². The number of allylic oxidation sites excluding steroid dienone is 12. The molecule has 8 nitrogen and oxygen atoms in total. The van der Waals surface area contributed by atoms with Crippen molar-refractivity contribution in [2.45, 2.75) is 180 Å². The van der Waals surface area contributed by atoms with Gasteiger partial charge in [-0.3, -0.25) is 13.8 Å². The number of carbonyl (C=O) groups is 1. The standard InChI is InChI=1S/C49H88NO7P/c1-6-8-10-12-14-16-18-20-22-24-25-26-27-29-31-33-35-37-39-41-44-54-46-48(47-56-58(52,53)55-45-43-50(3,4)5)57-49(51)42-40-38-36-34-32-30-28-23-21-19-17-15-13-11-9-7-2/h8,10,14,16-17,19-20,22-23,25-26,28,48H,6-7,9,11-13,15,18,21,24,27,29-47H2,1-5H3/p+1/b10-8-,16-14-,19-17-,22-20-,26-25-,28-23-. The summed E-state index contributed by atoms with van der Waals surface area (Å²) < 4.78 is 35.0. The number of rotatable bonds is 42. The predicted molar refractivity (Wildman–Crippen MR) is 247 cm³/mol. The molecule has 0 aliphatic heterocycles. The Hall–Kier alpha value is -2.06. The minimum absolute atomic E-state index is 0.0798. The molecule has 0 aliphatic carbocycles. The fraction of sp³-hybridized carbons (Fsp3) is 0.735. The normalized spacial score (nSPS) is 14.4. The van der Waals surface area contributed by atoms with E-state index in [1.807, 2.05) is 21.1 Å². The zero-order chi connectivity index (χ0) is 42.7. The number of carbonyl (C=O) groups excluding carboxylic acids is 1. The molecule has 9 heteroatoms. The zero-order valence-corrected chi connectivity index (χ0v) is 38.9. The van der Waals surface area contributed by atoms with Gasteiger partial charge in [-0.25, -0.2) is 4.57 Å². The molecule has 0 aromatic heterocycles. The van der Waals surface area contributed by atoms with Crippen LogP contribution in [0.1, 0.15) is 174 Å². The highest BCUT2D eigenvalue weighted by molar-refractivity contribution is 7.47. The molecule has 0 bridgehead atoms. The minimum Gasteiger partial charge on any atom is -0.457 e. The van der Waals surface area contributed by atoms with Gasteiger partial charge in [0.2, 0.25) is 0 Å². The van der Waals surface area contributed by atoms with Crippen LogP contribution in [0, 0.1) is 0 Å². The van der Waals surface area contributed by atoms with Crippen molar-refractivity contribution in [2.24, 2.45) is 0 Å². The molecular formula is C49H89NO7P+. The molecule has 0 saturated heterocycles. The fourth-order valence-corrected chi connectivity index (χ4v) is 6.67. The van der Waals surface area contributed by atoms with Crippen molar-refractivity contribution in [3.05, 3.63) is 72.9 Å². The van der Waals surface area contributed by atoms with Crippen LogP contribution in [0.3, 0.4) is 0 Å². The van der Waals surface area contributed by atoms with Gasteiger partial charge in [0.25, 0.3) is 0 Å². The smallest absolute Gasteiger partial charge is 0.457 e. The SMILES string of the molecule is CC/C=C\C/C=C\C/C=C\C/C=C\CCCCCCCCCOCC(COP(=O)(O)OCC[N+](C)(C)C)OC(=O)CCCCCCC/C=C\C/C=C\CCCCCC. The van der Waals surface area contributed by atoms with Crippen LogP contribution >= 0.6 is 7.82 Å². The van der Waals surface area contributed by atoms with Gasteiger partial charge in [-0.1, -0.05) is 157 Å². The third kappa shape index (κ3) is 45.0. The number of phosphoric acid groups is 1. The number of hydrogen-bond acceptors (Lipinski definition) is 6. The van der Waals surface area contributed by atoms with Gasteiger partial charge in [0, 0.05) is 13.0 Å². The summed E-state index contributed by atoms with van der Waals surface area (Å²) in [6, 6.07) is 0. The van der Waals surface area contributed by atoms with Gasteiger partial charge in [-0.15, -0.1) is 0 Å². The van der Waals surface area contributed by atoms with Crippen LogP contribution in [0.4, 0.5) is 0 Å². The van der Waals surface area contributed by atoms with Crippen molar-refractivity contribution in [1.29, 1.82) is 0 Å². The summed E-state index contributed by atoms with van der Waals surface area (Å²) in [6.07, 6.45) is 53.6. The molecule has 0 aliphatic rings. The highest BCUT2D eigenvalue weighted by Gasteiger charge is 2.26. The molecule has 58 heavy (non-hydrogen) atoms. The Balaban J connectivity index is 4.26. The Kier molecular flexibility index (Phi) is 40.2. The molecule has 0 fully saturated rings. The number of ether oxygens (including phenoxy) is 2. The molecule has 0 spiro atoms. The molecule has 0 heterocycles. The summed E-state index contributed by atoms with van der Waals surface area (Å²) in [5.74, 6) is -0.334. The van der Waals surface area contributed by atoms with Gasteiger partial charge < -0.3 is 18.9 Å². The third-order valence-electron chi connectivity index (χ3n) is 9.50. The molecule has 0 saturated carbocycles. The van der Waals surface area contributed by atoms with E-state index in [0.717, 1.165) is 89.9 Å². The Morgan fingerprint density at radius 1 is 0.552 bits per heavy atom. The second-order valence-corrected chi connectivity index (χ2v) is 17.9. The molecule has 336 valence electrons. The molecule has 1 N–H and O–H groups in total. The first-order chi connectivity index (χ1) is 28.1. The summed E-state index contributed by atoms with van der Waals surface area (Å²) in [6.45, 7) is 5.44. The van der Waals surface area contributed by atoms with E-state index in [4.69, 9.17) is 18.5 Å². The summed E-state index contributed by atoms with van der Waals surface area (Å²) in [5.41, 5.74) is 0. The van der Waals surface area contributed by atoms with Gasteiger partial charge in [0.1, 0.15) is 19.3 Å². The predicted octanol–water partition coefficient (Wildman–Crippen LogP) is 13.9. The maximum absolute atomic E-state index is 12.7. The molecular weight excluding hydrogens is 746 g/mol. The van der Waals surface area contributed by atoms with Crippen LogP contribution in [0.5, 0.6) is 0 Å². The van der Waals surface area contributed by atoms with E-state index in [-0.39, 0.29) is 25.8 Å². The maximum Gasteiger partial charge on any atom is 0.472 e. The van der Waals surface area contributed by atoms with Gasteiger partial charge in [-0.2, -0.15) is 0 Å². The lowest BCUT2D eigenvalue weighted by Gasteiger charge is -2.24. The highest BCUT2D eigenvalue weighted by atomic mass is 31.2. The first-order valence-electron chi connectivity index (χ1n) is 23.2. The molecule has 2 unspecified atom stereocenters. The van der Waals surface area contributed by atoms with Crippen LogP contribution in [0.25, 0.3) is 0 Å². The zero-order valence-electron chi connectivity index (χ0n) is 38.0. The van der Waals surface area contributed by atoms with E-state index in [0.29, 0.717) is 24.1 Å². The summed E-state index contributed by atoms with van der Waals surface area (Å²) in [7, 11) is 1.64. The van der Waals surface area contributed by atoms with Crippen molar-refractivity contribution in [2.75, 3.05) is 54.1 Å². The lowest BCUT2D eigenvalue weighted by Crippen LogP contribution is -2.37. The number of unbranched alkanes of at least 4 members (excludes halogenated alkanes) is 16. The lowest BCUT2D eigenvalue weighted by atomic mass is 10.1. The molecule has 0 amide bonds. The third-order valence-corrected chi connectivity index (χ3v) is 10.5. The second kappa shape index (κ2) is 41.7. The summed E-state index contributed by atoms with van der Waals surface area (Å²) in [5, 5.41) is 0. The number of nitrogens with zero attached hydrogens (tertiary/aromatic N) is 1. The van der Waals surface area contributed by atoms with E-state index in [2.05, 4.69) is 86.8 Å². The number of esters is 1. The maximum atomic E-state index is 12.7. The van der Waals surface area contributed by atoms with Crippen molar-refractivity contribution in [1.82, 2.24) is 0 Å². The van der Waals surface area contributed by atoms with Crippen LogP contribution in [-0.2, 0) is 27.9 Å². The largest absolute Gasteiger partial charge is 0.472 e. The molecule has 0 radical (unpaired) electrons. The van der Waals surface area contributed by atoms with Gasteiger partial charge in [-0.05, 0) is 83.5 Å². The first-order valence-corrected chi connectivity index (χ1v) is 24.7. The van der Waals surface area contributed by atoms with Crippen molar-refractivity contribution >= 4 is 13.8 Å². The summed E-state index contributed by atoms with van der Waals surface area (Å²) in [4.78, 5) is 22.9. The Morgan fingerprint density at radius 3 is 1.50 bits per heavy atom. The number of hydrogen-bond donors (Lipinski definition) is 1.